The quantitative estimate of drug-likeness (QED) is 0.574. The highest BCUT2D eigenvalue weighted by Gasteiger charge is 2.00. The molecule has 0 radical (unpaired) electrons. The highest BCUT2D eigenvalue weighted by molar-refractivity contribution is 14.1. The van der Waals surface area contributed by atoms with Crippen molar-refractivity contribution < 1.29 is 0 Å². The van der Waals surface area contributed by atoms with Crippen molar-refractivity contribution in [3.8, 4) is 0 Å². The van der Waals surface area contributed by atoms with E-state index < -0.39 is 0 Å². The van der Waals surface area contributed by atoms with E-state index in [1.807, 2.05) is 24.3 Å². The molecule has 0 saturated heterocycles. The van der Waals surface area contributed by atoms with Crippen molar-refractivity contribution in [1.82, 2.24) is 0 Å². The summed E-state index contributed by atoms with van der Waals surface area (Å²) in [5.74, 6) is 0. The highest BCUT2D eigenvalue weighted by atomic mass is 127. The van der Waals surface area contributed by atoms with Gasteiger partial charge in [0.1, 0.15) is 0 Å². The summed E-state index contributed by atoms with van der Waals surface area (Å²) in [4.78, 5) is 2.42. The topological polar surface area (TPSA) is 26.0 Å². The molecule has 0 spiro atoms. The molecule has 0 aromatic heterocycles. The van der Waals surface area contributed by atoms with Crippen LogP contribution in [0.25, 0.3) is 0 Å². The molecule has 4 heteroatoms. The number of hydrogen-bond donors (Lipinski definition) is 1. The minimum Gasteiger partial charge on any atom is -0.399 e. The van der Waals surface area contributed by atoms with Crippen molar-refractivity contribution in [1.29, 1.82) is 0 Å². The van der Waals surface area contributed by atoms with Crippen LogP contribution in [0.2, 0.25) is 0 Å². The molecule has 0 aliphatic carbocycles. The zero-order valence-electron chi connectivity index (χ0n) is 8.28. The number of rotatable bonds is 2. The first-order valence-electron chi connectivity index (χ1n) is 4.63. The first-order valence-corrected chi connectivity index (χ1v) is 7.32. The zero-order valence-corrected chi connectivity index (χ0v) is 12.8. The fourth-order valence-corrected chi connectivity index (χ4v) is 2.94. The van der Waals surface area contributed by atoms with E-state index in [1.165, 1.54) is 13.4 Å². The average Bonchev–Trinajstić information content (AvgIpc) is 2.27. The van der Waals surface area contributed by atoms with Crippen LogP contribution in [0.4, 0.5) is 5.69 Å². The van der Waals surface area contributed by atoms with E-state index in [1.54, 1.807) is 11.8 Å². The smallest absolute Gasteiger partial charge is 0.0320 e. The lowest BCUT2D eigenvalue weighted by molar-refractivity contribution is 1.38. The lowest BCUT2D eigenvalue weighted by Crippen LogP contribution is -1.82. The first kappa shape index (κ1) is 12.3. The Morgan fingerprint density at radius 2 is 1.62 bits per heavy atom. The third-order valence-corrected chi connectivity index (χ3v) is 5.34. The van der Waals surface area contributed by atoms with Crippen LogP contribution in [0.3, 0.4) is 0 Å². The molecule has 2 rings (SSSR count). The van der Waals surface area contributed by atoms with Gasteiger partial charge in [-0.3, -0.25) is 0 Å². The lowest BCUT2D eigenvalue weighted by Gasteiger charge is -2.03. The number of benzene rings is 2. The van der Waals surface area contributed by atoms with Gasteiger partial charge in [-0.15, -0.1) is 0 Å². The van der Waals surface area contributed by atoms with Crippen molar-refractivity contribution in [3.63, 3.8) is 0 Å². The number of anilines is 1. The maximum absolute atomic E-state index is 5.65. The van der Waals surface area contributed by atoms with Gasteiger partial charge in [-0.25, -0.2) is 0 Å². The maximum Gasteiger partial charge on any atom is 0.0320 e. The van der Waals surface area contributed by atoms with E-state index in [2.05, 4.69) is 56.7 Å². The molecule has 0 atom stereocenters. The van der Waals surface area contributed by atoms with Crippen LogP contribution in [0.15, 0.2) is 56.7 Å². The van der Waals surface area contributed by atoms with E-state index >= 15 is 0 Å². The van der Waals surface area contributed by atoms with Crippen LogP contribution in [0, 0.1) is 3.57 Å². The third kappa shape index (κ3) is 3.15. The van der Waals surface area contributed by atoms with E-state index in [0.29, 0.717) is 0 Å². The molecule has 82 valence electrons. The minimum absolute atomic E-state index is 0.799. The largest absolute Gasteiger partial charge is 0.399 e. The summed E-state index contributed by atoms with van der Waals surface area (Å²) >= 11 is 7.56. The van der Waals surface area contributed by atoms with Gasteiger partial charge in [0, 0.05) is 23.5 Å². The molecule has 1 nitrogen and oxygen atoms in total. The summed E-state index contributed by atoms with van der Waals surface area (Å²) < 4.78 is 2.35. The van der Waals surface area contributed by atoms with Crippen LogP contribution < -0.4 is 5.73 Å². The van der Waals surface area contributed by atoms with Gasteiger partial charge in [-0.05, 0) is 81.0 Å². The predicted molar refractivity (Wildman–Crippen MR) is 81.8 cm³/mol. The van der Waals surface area contributed by atoms with E-state index in [4.69, 9.17) is 5.73 Å². The SMILES string of the molecule is Nc1ccc(Sc2ccc(I)c(Br)c2)cc1. The standard InChI is InChI=1S/C12H9BrINS/c13-11-7-10(5-6-12(11)14)16-9-3-1-8(15)2-4-9/h1-7H,15H2. The molecule has 0 bridgehead atoms. The van der Waals surface area contributed by atoms with Crippen molar-refractivity contribution >= 4 is 56.0 Å². The Hall–Kier alpha value is -0.200. The molecule has 2 N–H and O–H groups in total. The van der Waals surface area contributed by atoms with Crippen molar-refractivity contribution in [2.75, 3.05) is 5.73 Å². The van der Waals surface area contributed by atoms with Gasteiger partial charge in [0.15, 0.2) is 0 Å². The van der Waals surface area contributed by atoms with Crippen molar-refractivity contribution in [3.05, 3.63) is 50.5 Å². The second kappa shape index (κ2) is 5.42. The number of hydrogen-bond acceptors (Lipinski definition) is 2. The van der Waals surface area contributed by atoms with Crippen LogP contribution >= 0.6 is 50.3 Å². The summed E-state index contributed by atoms with van der Waals surface area (Å²) in [5, 5.41) is 0. The molecule has 0 fully saturated rings. The normalized spacial score (nSPS) is 10.4. The summed E-state index contributed by atoms with van der Waals surface area (Å²) in [6.07, 6.45) is 0. The number of halogens is 2. The van der Waals surface area contributed by atoms with Gasteiger partial charge in [0.05, 0.1) is 0 Å². The highest BCUT2D eigenvalue weighted by Crippen LogP contribution is 2.31. The Labute approximate surface area is 121 Å². The Morgan fingerprint density at radius 3 is 2.25 bits per heavy atom. The van der Waals surface area contributed by atoms with Gasteiger partial charge >= 0.3 is 0 Å². The van der Waals surface area contributed by atoms with Gasteiger partial charge in [-0.2, -0.15) is 0 Å². The Balaban J connectivity index is 2.20. The molecule has 0 aliphatic rings. The van der Waals surface area contributed by atoms with Crippen molar-refractivity contribution in [2.45, 2.75) is 9.79 Å². The summed E-state index contributed by atoms with van der Waals surface area (Å²) in [6, 6.07) is 14.3. The molecular formula is C12H9BrINS. The fraction of sp³-hybridized carbons (Fsp3) is 0. The maximum atomic E-state index is 5.65. The van der Waals surface area contributed by atoms with Crippen LogP contribution in [-0.4, -0.2) is 0 Å². The predicted octanol–water partition coefficient (Wildman–Crippen LogP) is 4.79. The van der Waals surface area contributed by atoms with Gasteiger partial charge in [-0.1, -0.05) is 11.8 Å². The fourth-order valence-electron chi connectivity index (χ4n) is 1.21. The molecule has 2 aromatic carbocycles. The number of nitrogens with two attached hydrogens (primary N) is 1. The minimum atomic E-state index is 0.799. The van der Waals surface area contributed by atoms with Gasteiger partial charge in [0.2, 0.25) is 0 Å². The third-order valence-electron chi connectivity index (χ3n) is 2.01. The van der Waals surface area contributed by atoms with Gasteiger partial charge in [0.25, 0.3) is 0 Å². The molecule has 16 heavy (non-hydrogen) atoms. The molecule has 0 heterocycles. The summed E-state index contributed by atoms with van der Waals surface area (Å²) in [5.41, 5.74) is 6.45. The van der Waals surface area contributed by atoms with Crippen LogP contribution in [0.5, 0.6) is 0 Å². The van der Waals surface area contributed by atoms with E-state index in [0.717, 1.165) is 10.2 Å². The summed E-state index contributed by atoms with van der Waals surface area (Å²) in [6.45, 7) is 0. The first-order chi connectivity index (χ1) is 7.65. The molecule has 0 amide bonds. The lowest BCUT2D eigenvalue weighted by atomic mass is 10.3. The monoisotopic (exact) mass is 405 g/mol. The van der Waals surface area contributed by atoms with Crippen LogP contribution in [-0.2, 0) is 0 Å². The van der Waals surface area contributed by atoms with E-state index in [9.17, 15) is 0 Å². The molecule has 2 aromatic rings. The average molecular weight is 406 g/mol. The molecular weight excluding hydrogens is 397 g/mol. The Bertz CT molecular complexity index is 499. The molecule has 0 saturated carbocycles. The van der Waals surface area contributed by atoms with Crippen LogP contribution in [0.1, 0.15) is 0 Å². The Kier molecular flexibility index (Phi) is 4.16. The molecule has 0 unspecified atom stereocenters. The number of nitrogen functional groups attached to an aromatic ring is 1. The van der Waals surface area contributed by atoms with E-state index in [-0.39, 0.29) is 0 Å². The summed E-state index contributed by atoms with van der Waals surface area (Å²) in [7, 11) is 0. The zero-order chi connectivity index (χ0) is 11.5. The van der Waals surface area contributed by atoms with Crippen molar-refractivity contribution in [2.24, 2.45) is 0 Å². The second-order valence-corrected chi connectivity index (χ2v) is 6.41. The second-order valence-electron chi connectivity index (χ2n) is 3.25. The Morgan fingerprint density at radius 1 is 1.00 bits per heavy atom. The van der Waals surface area contributed by atoms with Gasteiger partial charge < -0.3 is 5.73 Å². The molecule has 0 aliphatic heterocycles.